The highest BCUT2D eigenvalue weighted by Gasteiger charge is 2.54. The van der Waals surface area contributed by atoms with Crippen LogP contribution in [0, 0.1) is 28.6 Å². The quantitative estimate of drug-likeness (QED) is 0.743. The van der Waals surface area contributed by atoms with Gasteiger partial charge in [0.15, 0.2) is 0 Å². The molecule has 22 heavy (non-hydrogen) atoms. The Morgan fingerprint density at radius 1 is 1.27 bits per heavy atom. The van der Waals surface area contributed by atoms with Crippen LogP contribution in [0.1, 0.15) is 72.6 Å². The second-order valence-electron chi connectivity index (χ2n) is 8.88. The highest BCUT2D eigenvalue weighted by atomic mass is 16.3. The summed E-state index contributed by atoms with van der Waals surface area (Å²) in [4.78, 5) is 12.4. The van der Waals surface area contributed by atoms with Crippen LogP contribution >= 0.6 is 0 Å². The molecule has 0 bridgehead atoms. The van der Waals surface area contributed by atoms with Crippen molar-refractivity contribution in [3.8, 4) is 0 Å². The summed E-state index contributed by atoms with van der Waals surface area (Å²) in [5, 5.41) is 9.10. The maximum atomic E-state index is 12.4. The molecule has 2 aliphatic carbocycles. The van der Waals surface area contributed by atoms with Gasteiger partial charge in [0.05, 0.1) is 0 Å². The molecule has 0 amide bonds. The van der Waals surface area contributed by atoms with Crippen molar-refractivity contribution in [2.45, 2.75) is 72.6 Å². The van der Waals surface area contributed by atoms with E-state index in [9.17, 15) is 4.79 Å². The van der Waals surface area contributed by atoms with Crippen molar-refractivity contribution < 1.29 is 9.90 Å². The average Bonchev–Trinajstić information content (AvgIpc) is 2.35. The standard InChI is InChI=1S/C20H34O2/c1-14(10-11-21)6-8-17-15(2)7-9-18-19(3,4)12-16(22)13-20(17,18)5/h14,17-18,21H,2,6-13H2,1,3-5H3/t14-,17+,18+,20+/m0/s1. The van der Waals surface area contributed by atoms with E-state index in [1.54, 1.807) is 0 Å². The van der Waals surface area contributed by atoms with Gasteiger partial charge in [-0.05, 0) is 54.3 Å². The molecule has 0 aromatic rings. The zero-order chi connectivity index (χ0) is 16.5. The van der Waals surface area contributed by atoms with Gasteiger partial charge in [0.2, 0.25) is 0 Å². The van der Waals surface area contributed by atoms with E-state index in [-0.39, 0.29) is 17.4 Å². The molecule has 0 aliphatic heterocycles. The van der Waals surface area contributed by atoms with Gasteiger partial charge in [0.25, 0.3) is 0 Å². The molecule has 126 valence electrons. The second kappa shape index (κ2) is 6.47. The van der Waals surface area contributed by atoms with Gasteiger partial charge in [-0.15, -0.1) is 0 Å². The predicted molar refractivity (Wildman–Crippen MR) is 91.6 cm³/mol. The fourth-order valence-electron chi connectivity index (χ4n) is 5.54. The lowest BCUT2D eigenvalue weighted by Gasteiger charge is -2.57. The van der Waals surface area contributed by atoms with Gasteiger partial charge >= 0.3 is 0 Å². The number of rotatable bonds is 5. The number of ketones is 1. The van der Waals surface area contributed by atoms with E-state index in [0.29, 0.717) is 23.5 Å². The zero-order valence-electron chi connectivity index (χ0n) is 15.0. The largest absolute Gasteiger partial charge is 0.396 e. The molecular weight excluding hydrogens is 272 g/mol. The maximum absolute atomic E-state index is 12.4. The Balaban J connectivity index is 2.19. The lowest BCUT2D eigenvalue weighted by atomic mass is 9.47. The minimum atomic E-state index is 0.0904. The van der Waals surface area contributed by atoms with Gasteiger partial charge < -0.3 is 5.11 Å². The van der Waals surface area contributed by atoms with E-state index < -0.39 is 0 Å². The number of carbonyl (C=O) groups is 1. The number of allylic oxidation sites excluding steroid dienone is 1. The summed E-state index contributed by atoms with van der Waals surface area (Å²) < 4.78 is 0. The monoisotopic (exact) mass is 306 g/mol. The van der Waals surface area contributed by atoms with Gasteiger partial charge in [-0.25, -0.2) is 0 Å². The highest BCUT2D eigenvalue weighted by molar-refractivity contribution is 5.81. The number of hydrogen-bond acceptors (Lipinski definition) is 2. The minimum absolute atomic E-state index is 0.0904. The second-order valence-corrected chi connectivity index (χ2v) is 8.88. The van der Waals surface area contributed by atoms with E-state index in [1.807, 2.05) is 0 Å². The van der Waals surface area contributed by atoms with E-state index in [4.69, 9.17) is 5.11 Å². The first-order valence-electron chi connectivity index (χ1n) is 9.01. The van der Waals surface area contributed by atoms with Crippen LogP contribution in [0.4, 0.5) is 0 Å². The van der Waals surface area contributed by atoms with Crippen LogP contribution in [0.5, 0.6) is 0 Å². The van der Waals surface area contributed by atoms with Crippen molar-refractivity contribution in [2.75, 3.05) is 6.61 Å². The Hall–Kier alpha value is -0.630. The van der Waals surface area contributed by atoms with E-state index in [0.717, 1.165) is 38.5 Å². The van der Waals surface area contributed by atoms with Gasteiger partial charge in [0.1, 0.15) is 5.78 Å². The summed E-state index contributed by atoms with van der Waals surface area (Å²) in [5.74, 6) is 2.08. The molecule has 0 aromatic carbocycles. The lowest BCUT2D eigenvalue weighted by Crippen LogP contribution is -2.52. The van der Waals surface area contributed by atoms with Gasteiger partial charge in [-0.1, -0.05) is 46.3 Å². The minimum Gasteiger partial charge on any atom is -0.396 e. The van der Waals surface area contributed by atoms with Crippen LogP contribution in [0.2, 0.25) is 0 Å². The first-order chi connectivity index (χ1) is 10.2. The molecule has 2 fully saturated rings. The smallest absolute Gasteiger partial charge is 0.134 e. The molecule has 0 radical (unpaired) electrons. The molecule has 0 spiro atoms. The molecule has 2 saturated carbocycles. The van der Waals surface area contributed by atoms with Crippen LogP contribution in [0.15, 0.2) is 12.2 Å². The Morgan fingerprint density at radius 3 is 2.59 bits per heavy atom. The summed E-state index contributed by atoms with van der Waals surface area (Å²) >= 11 is 0. The third kappa shape index (κ3) is 3.32. The Bertz CT molecular complexity index is 437. The maximum Gasteiger partial charge on any atom is 0.134 e. The number of fused-ring (bicyclic) bond motifs is 1. The summed E-state index contributed by atoms with van der Waals surface area (Å²) in [6.45, 7) is 13.8. The Kier molecular flexibility index (Phi) is 5.21. The Morgan fingerprint density at radius 2 is 1.95 bits per heavy atom. The highest BCUT2D eigenvalue weighted by Crippen LogP contribution is 2.61. The molecule has 2 rings (SSSR count). The van der Waals surface area contributed by atoms with E-state index >= 15 is 0 Å². The van der Waals surface area contributed by atoms with Crippen molar-refractivity contribution in [1.29, 1.82) is 0 Å². The summed E-state index contributed by atoms with van der Waals surface area (Å²) in [6, 6.07) is 0. The topological polar surface area (TPSA) is 37.3 Å². The lowest BCUT2D eigenvalue weighted by molar-refractivity contribution is -0.138. The number of aliphatic hydroxyl groups excluding tert-OH is 1. The fourth-order valence-corrected chi connectivity index (χ4v) is 5.54. The molecule has 2 aliphatic rings. The van der Waals surface area contributed by atoms with Crippen molar-refractivity contribution in [1.82, 2.24) is 0 Å². The summed E-state index contributed by atoms with van der Waals surface area (Å²) in [5.41, 5.74) is 1.58. The van der Waals surface area contributed by atoms with Crippen LogP contribution in [0.3, 0.4) is 0 Å². The van der Waals surface area contributed by atoms with Crippen LogP contribution in [-0.2, 0) is 4.79 Å². The predicted octanol–water partition coefficient (Wildman–Crippen LogP) is 4.76. The molecule has 0 heterocycles. The van der Waals surface area contributed by atoms with Crippen molar-refractivity contribution in [3.05, 3.63) is 12.2 Å². The first-order valence-corrected chi connectivity index (χ1v) is 9.01. The molecule has 0 aromatic heterocycles. The fraction of sp³-hybridized carbons (Fsp3) is 0.850. The summed E-state index contributed by atoms with van der Waals surface area (Å²) in [6.07, 6.45) is 6.92. The molecule has 4 atom stereocenters. The van der Waals surface area contributed by atoms with Gasteiger partial charge in [-0.2, -0.15) is 0 Å². The molecule has 1 N–H and O–H groups in total. The third-order valence-electron chi connectivity index (χ3n) is 6.58. The molecule has 0 saturated heterocycles. The normalized spacial score (nSPS) is 36.0. The zero-order valence-corrected chi connectivity index (χ0v) is 15.0. The molecule has 2 heteroatoms. The Labute approximate surface area is 136 Å². The van der Waals surface area contributed by atoms with Gasteiger partial charge in [0, 0.05) is 19.4 Å². The first kappa shape index (κ1) is 17.7. The molecule has 2 nitrogen and oxygen atoms in total. The van der Waals surface area contributed by atoms with Gasteiger partial charge in [-0.3, -0.25) is 4.79 Å². The van der Waals surface area contributed by atoms with Crippen LogP contribution in [0.25, 0.3) is 0 Å². The van der Waals surface area contributed by atoms with Crippen LogP contribution < -0.4 is 0 Å². The molecule has 0 unspecified atom stereocenters. The van der Waals surface area contributed by atoms with E-state index in [2.05, 4.69) is 34.3 Å². The summed E-state index contributed by atoms with van der Waals surface area (Å²) in [7, 11) is 0. The average molecular weight is 306 g/mol. The number of aliphatic hydroxyl groups is 1. The SMILES string of the molecule is C=C1CC[C@@H]2C(C)(C)CC(=O)C[C@]2(C)[C@@H]1CC[C@H](C)CCO. The van der Waals surface area contributed by atoms with Crippen molar-refractivity contribution in [3.63, 3.8) is 0 Å². The van der Waals surface area contributed by atoms with Crippen molar-refractivity contribution >= 4 is 5.78 Å². The number of Topliss-reactive ketones (excluding diaryl/α,β-unsaturated/α-hetero) is 1. The van der Waals surface area contributed by atoms with Crippen molar-refractivity contribution in [2.24, 2.45) is 28.6 Å². The van der Waals surface area contributed by atoms with E-state index in [1.165, 1.54) is 12.0 Å². The number of hydrogen-bond donors (Lipinski definition) is 1. The number of carbonyl (C=O) groups excluding carboxylic acids is 1. The third-order valence-corrected chi connectivity index (χ3v) is 6.58. The molecular formula is C20H34O2. The van der Waals surface area contributed by atoms with Crippen LogP contribution in [-0.4, -0.2) is 17.5 Å².